The highest BCUT2D eigenvalue weighted by Gasteiger charge is 2.27. The number of carbonyl (C=O) groups is 1. The molecule has 0 spiro atoms. The number of aromatic nitrogens is 2. The number of fused-ring (bicyclic) bond motifs is 3. The normalized spacial score (nSPS) is 18.6. The number of thioether (sulfide) groups is 1. The first-order valence-electron chi connectivity index (χ1n) is 11.4. The number of rotatable bonds is 6. The molecule has 3 heterocycles. The van der Waals surface area contributed by atoms with Crippen LogP contribution in [-0.2, 0) is 24.2 Å². The molecule has 1 amide bonds. The molecule has 2 aliphatic rings. The topological polar surface area (TPSA) is 58.4 Å². The van der Waals surface area contributed by atoms with Gasteiger partial charge in [0.05, 0.1) is 10.6 Å². The van der Waals surface area contributed by atoms with Crippen molar-refractivity contribution in [3.8, 4) is 0 Å². The van der Waals surface area contributed by atoms with E-state index in [0.717, 1.165) is 62.2 Å². The van der Waals surface area contributed by atoms with Crippen LogP contribution >= 0.6 is 23.1 Å². The van der Waals surface area contributed by atoms with Gasteiger partial charge in [0.2, 0.25) is 5.91 Å². The number of hydrogen-bond acceptors (Lipinski definition) is 6. The predicted molar refractivity (Wildman–Crippen MR) is 129 cm³/mol. The molecule has 6 nitrogen and oxygen atoms in total. The van der Waals surface area contributed by atoms with Crippen LogP contribution in [0.3, 0.4) is 0 Å². The number of thiophene rings is 1. The lowest BCUT2D eigenvalue weighted by Gasteiger charge is -2.35. The van der Waals surface area contributed by atoms with E-state index in [0.29, 0.717) is 11.7 Å². The van der Waals surface area contributed by atoms with Crippen molar-refractivity contribution in [2.24, 2.45) is 0 Å². The summed E-state index contributed by atoms with van der Waals surface area (Å²) in [6.07, 6.45) is 7.27. The van der Waals surface area contributed by atoms with Gasteiger partial charge < -0.3 is 9.80 Å². The minimum atomic E-state index is -0.286. The van der Waals surface area contributed by atoms with Crippen molar-refractivity contribution in [2.45, 2.75) is 62.9 Å². The summed E-state index contributed by atoms with van der Waals surface area (Å²) in [5.74, 6) is 0.127. The van der Waals surface area contributed by atoms with Crippen molar-refractivity contribution in [2.75, 3.05) is 32.7 Å². The molecule has 0 N–H and O–H groups in total. The standard InChI is InChI=1S/C23H32N4O2S2/c1-4-11-27-22(29)19-17-9-7-6-8-10-18(17)31-20(19)24-23(27)30-16(3)21(28)26-14-12-25(5-2)13-15-26/h4,16H,1,5-15H2,2-3H3. The zero-order chi connectivity index (χ0) is 22.0. The Hall–Kier alpha value is -1.64. The largest absolute Gasteiger partial charge is 0.339 e. The minimum Gasteiger partial charge on any atom is -0.339 e. The number of carbonyl (C=O) groups excluding carboxylic acids is 1. The van der Waals surface area contributed by atoms with Gasteiger partial charge in [-0.2, -0.15) is 0 Å². The lowest BCUT2D eigenvalue weighted by molar-refractivity contribution is -0.132. The SMILES string of the molecule is C=CCn1c(SC(C)C(=O)N2CCN(CC)CC2)nc2sc3c(c2c1=O)CCCCC3. The highest BCUT2D eigenvalue weighted by atomic mass is 32.2. The summed E-state index contributed by atoms with van der Waals surface area (Å²) in [5.41, 5.74) is 1.23. The Morgan fingerprint density at radius 1 is 1.23 bits per heavy atom. The van der Waals surface area contributed by atoms with Gasteiger partial charge in [-0.3, -0.25) is 14.2 Å². The molecule has 0 saturated carbocycles. The van der Waals surface area contributed by atoms with Crippen LogP contribution in [0.2, 0.25) is 0 Å². The van der Waals surface area contributed by atoms with Gasteiger partial charge >= 0.3 is 0 Å². The molecule has 168 valence electrons. The van der Waals surface area contributed by atoms with E-state index in [1.54, 1.807) is 22.0 Å². The van der Waals surface area contributed by atoms with Gasteiger partial charge in [0.15, 0.2) is 5.16 Å². The Balaban J connectivity index is 1.62. The maximum absolute atomic E-state index is 13.5. The van der Waals surface area contributed by atoms with Crippen LogP contribution in [0.4, 0.5) is 0 Å². The van der Waals surface area contributed by atoms with E-state index < -0.39 is 0 Å². The molecule has 1 atom stereocenters. The Kier molecular flexibility index (Phi) is 7.19. The Labute approximate surface area is 192 Å². The number of allylic oxidation sites excluding steroid dienone is 1. The fraction of sp³-hybridized carbons (Fsp3) is 0.609. The van der Waals surface area contributed by atoms with Crippen molar-refractivity contribution >= 4 is 39.2 Å². The molecule has 2 aromatic rings. The van der Waals surface area contributed by atoms with Crippen LogP contribution in [0.25, 0.3) is 10.2 Å². The number of aryl methyl sites for hydroxylation is 2. The maximum atomic E-state index is 13.5. The fourth-order valence-electron chi connectivity index (χ4n) is 4.53. The van der Waals surface area contributed by atoms with E-state index in [1.165, 1.54) is 35.0 Å². The van der Waals surface area contributed by atoms with Crippen LogP contribution in [-0.4, -0.2) is 63.2 Å². The summed E-state index contributed by atoms with van der Waals surface area (Å²) in [7, 11) is 0. The monoisotopic (exact) mass is 460 g/mol. The average Bonchev–Trinajstić information content (AvgIpc) is 2.96. The minimum absolute atomic E-state index is 0.0167. The molecule has 0 aromatic carbocycles. The first kappa shape index (κ1) is 22.6. The van der Waals surface area contributed by atoms with E-state index in [1.807, 2.05) is 11.8 Å². The smallest absolute Gasteiger partial charge is 0.263 e. The van der Waals surface area contributed by atoms with Gasteiger partial charge in [-0.25, -0.2) is 4.98 Å². The molecule has 1 unspecified atom stereocenters. The van der Waals surface area contributed by atoms with E-state index in [9.17, 15) is 9.59 Å². The molecule has 8 heteroatoms. The fourth-order valence-corrected chi connectivity index (χ4v) is 6.83. The van der Waals surface area contributed by atoms with Crippen molar-refractivity contribution in [1.29, 1.82) is 0 Å². The Morgan fingerprint density at radius 2 is 1.97 bits per heavy atom. The van der Waals surface area contributed by atoms with Gasteiger partial charge in [0.1, 0.15) is 4.83 Å². The number of piperazine rings is 1. The van der Waals surface area contributed by atoms with Crippen molar-refractivity contribution in [3.05, 3.63) is 33.4 Å². The van der Waals surface area contributed by atoms with Crippen LogP contribution < -0.4 is 5.56 Å². The molecule has 0 radical (unpaired) electrons. The zero-order valence-corrected chi connectivity index (χ0v) is 20.2. The van der Waals surface area contributed by atoms with E-state index in [4.69, 9.17) is 4.98 Å². The summed E-state index contributed by atoms with van der Waals surface area (Å²) in [5, 5.41) is 1.14. The average molecular weight is 461 g/mol. The van der Waals surface area contributed by atoms with E-state index in [2.05, 4.69) is 18.4 Å². The molecule has 1 saturated heterocycles. The van der Waals surface area contributed by atoms with Gasteiger partial charge in [-0.05, 0) is 44.7 Å². The zero-order valence-electron chi connectivity index (χ0n) is 18.6. The Bertz CT molecular complexity index is 1020. The second-order valence-electron chi connectivity index (χ2n) is 8.36. The second kappa shape index (κ2) is 9.88. The van der Waals surface area contributed by atoms with Crippen LogP contribution in [0, 0.1) is 0 Å². The molecule has 2 aromatic heterocycles. The molecule has 4 rings (SSSR count). The van der Waals surface area contributed by atoms with Crippen LogP contribution in [0.15, 0.2) is 22.6 Å². The van der Waals surface area contributed by atoms with Gasteiger partial charge in [-0.1, -0.05) is 31.2 Å². The van der Waals surface area contributed by atoms with Crippen molar-refractivity contribution in [3.63, 3.8) is 0 Å². The molecular weight excluding hydrogens is 428 g/mol. The quantitative estimate of drug-likeness (QED) is 0.286. The molecule has 1 fully saturated rings. The van der Waals surface area contributed by atoms with Gasteiger partial charge in [0, 0.05) is 37.6 Å². The lowest BCUT2D eigenvalue weighted by Crippen LogP contribution is -2.50. The Morgan fingerprint density at radius 3 is 2.68 bits per heavy atom. The predicted octanol–water partition coefficient (Wildman–Crippen LogP) is 3.56. The molecule has 1 aliphatic heterocycles. The number of nitrogens with zero attached hydrogens (tertiary/aromatic N) is 4. The van der Waals surface area contributed by atoms with Crippen LogP contribution in [0.5, 0.6) is 0 Å². The van der Waals surface area contributed by atoms with Crippen LogP contribution in [0.1, 0.15) is 43.6 Å². The maximum Gasteiger partial charge on any atom is 0.263 e. The summed E-state index contributed by atoms with van der Waals surface area (Å²) in [6.45, 7) is 12.7. The summed E-state index contributed by atoms with van der Waals surface area (Å²) in [4.78, 5) is 37.9. The van der Waals surface area contributed by atoms with E-state index in [-0.39, 0.29) is 16.7 Å². The van der Waals surface area contributed by atoms with Gasteiger partial charge in [0.25, 0.3) is 5.56 Å². The summed E-state index contributed by atoms with van der Waals surface area (Å²) < 4.78 is 1.71. The third kappa shape index (κ3) is 4.61. The second-order valence-corrected chi connectivity index (χ2v) is 10.8. The summed E-state index contributed by atoms with van der Waals surface area (Å²) in [6, 6.07) is 0. The number of likely N-dealkylation sites (N-methyl/N-ethyl adjacent to an activating group) is 1. The molecule has 0 bridgehead atoms. The number of amides is 1. The van der Waals surface area contributed by atoms with Crippen molar-refractivity contribution < 1.29 is 4.79 Å². The summed E-state index contributed by atoms with van der Waals surface area (Å²) >= 11 is 3.07. The van der Waals surface area contributed by atoms with Gasteiger partial charge in [-0.15, -0.1) is 17.9 Å². The van der Waals surface area contributed by atoms with Crippen molar-refractivity contribution in [1.82, 2.24) is 19.4 Å². The first-order chi connectivity index (χ1) is 15.0. The third-order valence-corrected chi connectivity index (χ3v) is 8.63. The van der Waals surface area contributed by atoms with E-state index >= 15 is 0 Å². The lowest BCUT2D eigenvalue weighted by atomic mass is 10.1. The molecule has 31 heavy (non-hydrogen) atoms. The highest BCUT2D eigenvalue weighted by Crippen LogP contribution is 2.34. The highest BCUT2D eigenvalue weighted by molar-refractivity contribution is 8.00. The number of hydrogen-bond donors (Lipinski definition) is 0. The molecular formula is C23H32N4O2S2. The first-order valence-corrected chi connectivity index (χ1v) is 13.1. The third-order valence-electron chi connectivity index (χ3n) is 6.36. The molecule has 1 aliphatic carbocycles.